The van der Waals surface area contributed by atoms with Gasteiger partial charge in [-0.05, 0) is 84.7 Å². The molecule has 2 nitrogen and oxygen atoms in total. The molecule has 0 saturated heterocycles. The maximum Gasteiger partial charge on any atom is 0.192 e. The SMILES string of the molecule is C[C@H]1C=C2CC(=O)CC[C@]2(C)[C@H]2CC[C@]3(C)[C@@H](O[Si](C)(C)C(C)(C)C)CC[C@H]3[C@H]12. The van der Waals surface area contributed by atoms with E-state index in [4.69, 9.17) is 4.43 Å². The van der Waals surface area contributed by atoms with Crippen LogP contribution in [0.15, 0.2) is 11.6 Å². The fraction of sp³-hybridized carbons (Fsp3) is 0.885. The number of hydrogen-bond acceptors (Lipinski definition) is 2. The predicted octanol–water partition coefficient (Wildman–Crippen LogP) is 7.15. The van der Waals surface area contributed by atoms with Gasteiger partial charge in [0.15, 0.2) is 8.32 Å². The Hall–Kier alpha value is -0.413. The molecule has 4 rings (SSSR count). The molecule has 0 heterocycles. The number of Topliss-reactive ketones (excluding diaryl/α,β-unsaturated/α-hetero) is 1. The maximum absolute atomic E-state index is 12.2. The van der Waals surface area contributed by atoms with Gasteiger partial charge in [0.25, 0.3) is 0 Å². The van der Waals surface area contributed by atoms with Crippen LogP contribution >= 0.6 is 0 Å². The molecule has 0 aromatic carbocycles. The van der Waals surface area contributed by atoms with Crippen LogP contribution in [0.3, 0.4) is 0 Å². The Morgan fingerprint density at radius 1 is 1.07 bits per heavy atom. The van der Waals surface area contributed by atoms with E-state index in [0.717, 1.165) is 37.0 Å². The molecule has 3 fully saturated rings. The third-order valence-corrected chi connectivity index (χ3v) is 14.9. The summed E-state index contributed by atoms with van der Waals surface area (Å²) in [5.74, 6) is 3.37. The van der Waals surface area contributed by atoms with Crippen molar-refractivity contribution in [2.45, 2.75) is 111 Å². The number of rotatable bonds is 2. The van der Waals surface area contributed by atoms with Crippen molar-refractivity contribution in [2.24, 2.45) is 34.5 Å². The Kier molecular flexibility index (Phi) is 5.11. The van der Waals surface area contributed by atoms with Crippen molar-refractivity contribution in [3.63, 3.8) is 0 Å². The molecular weight excluding hydrogens is 372 g/mol. The molecule has 0 radical (unpaired) electrons. The van der Waals surface area contributed by atoms with Crippen molar-refractivity contribution in [3.8, 4) is 0 Å². The Morgan fingerprint density at radius 3 is 2.41 bits per heavy atom. The van der Waals surface area contributed by atoms with Gasteiger partial charge in [-0.1, -0.05) is 53.2 Å². The van der Waals surface area contributed by atoms with Crippen molar-refractivity contribution in [1.82, 2.24) is 0 Å². The van der Waals surface area contributed by atoms with E-state index >= 15 is 0 Å². The van der Waals surface area contributed by atoms with Crippen molar-refractivity contribution >= 4 is 14.1 Å². The van der Waals surface area contributed by atoms with E-state index < -0.39 is 8.32 Å². The summed E-state index contributed by atoms with van der Waals surface area (Å²) >= 11 is 0. The molecule has 164 valence electrons. The minimum atomic E-state index is -1.75. The van der Waals surface area contributed by atoms with Crippen LogP contribution in [0, 0.1) is 34.5 Å². The Bertz CT molecular complexity index is 717. The largest absolute Gasteiger partial charge is 0.413 e. The molecule has 0 N–H and O–H groups in total. The average molecular weight is 417 g/mol. The molecule has 0 unspecified atom stereocenters. The lowest BCUT2D eigenvalue weighted by atomic mass is 9.46. The molecular formula is C26H44O2Si. The lowest BCUT2D eigenvalue weighted by Gasteiger charge is -2.59. The standard InChI is InChI=1S/C26H44O2Si/c1-17-15-18-16-19(27)11-13-25(18,5)21-12-14-26(6)20(23(17)21)9-10-22(26)28-29(7,8)24(2,3)4/h15,17,20-23H,9-14,16H2,1-8H3/t17-,20-,21-,22-,23-,25-,26-/m0/s1. The number of fused-ring (bicyclic) bond motifs is 5. The van der Waals surface area contributed by atoms with Crippen molar-refractivity contribution in [3.05, 3.63) is 11.6 Å². The van der Waals surface area contributed by atoms with E-state index in [2.05, 4.69) is 60.7 Å². The van der Waals surface area contributed by atoms with Crippen LogP contribution in [0.25, 0.3) is 0 Å². The molecule has 4 aliphatic rings. The number of carbonyl (C=O) groups excluding carboxylic acids is 1. The summed E-state index contributed by atoms with van der Waals surface area (Å²) in [7, 11) is -1.75. The average Bonchev–Trinajstić information content (AvgIpc) is 2.92. The number of hydrogen-bond donors (Lipinski definition) is 0. The zero-order chi connectivity index (χ0) is 21.4. The molecule has 3 saturated carbocycles. The van der Waals surface area contributed by atoms with Gasteiger partial charge in [0.1, 0.15) is 5.78 Å². The smallest absolute Gasteiger partial charge is 0.192 e. The van der Waals surface area contributed by atoms with E-state index in [9.17, 15) is 4.79 Å². The third-order valence-electron chi connectivity index (χ3n) is 10.4. The van der Waals surface area contributed by atoms with Gasteiger partial charge in [0.2, 0.25) is 0 Å². The first kappa shape index (κ1) is 21.8. The monoisotopic (exact) mass is 416 g/mol. The van der Waals surface area contributed by atoms with Crippen LogP contribution in [0.4, 0.5) is 0 Å². The second-order valence-electron chi connectivity index (χ2n) is 13.0. The quantitative estimate of drug-likeness (QED) is 0.353. The third kappa shape index (κ3) is 3.25. The van der Waals surface area contributed by atoms with E-state index in [0.29, 0.717) is 23.2 Å². The van der Waals surface area contributed by atoms with Gasteiger partial charge in [-0.3, -0.25) is 4.79 Å². The van der Waals surface area contributed by atoms with Crippen molar-refractivity contribution in [1.29, 1.82) is 0 Å². The normalized spacial score (nSPS) is 45.3. The Labute approximate surface area is 180 Å². The van der Waals surface area contributed by atoms with Gasteiger partial charge in [-0.25, -0.2) is 0 Å². The van der Waals surface area contributed by atoms with Gasteiger partial charge in [0, 0.05) is 12.8 Å². The van der Waals surface area contributed by atoms with E-state index in [1.165, 1.54) is 31.3 Å². The zero-order valence-electron chi connectivity index (χ0n) is 20.2. The van der Waals surface area contributed by atoms with Crippen molar-refractivity contribution < 1.29 is 9.22 Å². The minimum Gasteiger partial charge on any atom is -0.413 e. The van der Waals surface area contributed by atoms with Crippen LogP contribution in [0.2, 0.25) is 18.1 Å². The number of ketones is 1. The predicted molar refractivity (Wildman–Crippen MR) is 123 cm³/mol. The highest BCUT2D eigenvalue weighted by Crippen LogP contribution is 2.66. The first-order chi connectivity index (χ1) is 13.3. The molecule has 0 bridgehead atoms. The molecule has 0 aromatic heterocycles. The van der Waals surface area contributed by atoms with Gasteiger partial charge >= 0.3 is 0 Å². The summed E-state index contributed by atoms with van der Waals surface area (Å²) in [6.07, 6.45) is 10.8. The Morgan fingerprint density at radius 2 is 1.76 bits per heavy atom. The summed E-state index contributed by atoms with van der Waals surface area (Å²) in [5.41, 5.74) is 2.08. The zero-order valence-corrected chi connectivity index (χ0v) is 21.2. The van der Waals surface area contributed by atoms with Crippen LogP contribution in [-0.2, 0) is 9.22 Å². The lowest BCUT2D eigenvalue weighted by molar-refractivity contribution is -0.123. The number of allylic oxidation sites excluding steroid dienone is 2. The number of carbonyl (C=O) groups is 1. The first-order valence-corrected chi connectivity index (χ1v) is 15.1. The lowest BCUT2D eigenvalue weighted by Crippen LogP contribution is -2.55. The molecule has 0 spiro atoms. The topological polar surface area (TPSA) is 26.3 Å². The van der Waals surface area contributed by atoms with Crippen molar-refractivity contribution in [2.75, 3.05) is 0 Å². The van der Waals surface area contributed by atoms with Gasteiger partial charge < -0.3 is 4.43 Å². The van der Waals surface area contributed by atoms with E-state index in [1.54, 1.807) is 0 Å². The molecule has 29 heavy (non-hydrogen) atoms. The molecule has 3 heteroatoms. The molecule has 0 amide bonds. The minimum absolute atomic E-state index is 0.269. The fourth-order valence-electron chi connectivity index (χ4n) is 7.51. The fourth-order valence-corrected chi connectivity index (χ4v) is 8.96. The Balaban J connectivity index is 1.62. The van der Waals surface area contributed by atoms with Gasteiger partial charge in [-0.2, -0.15) is 0 Å². The maximum atomic E-state index is 12.2. The highest BCUT2D eigenvalue weighted by Gasteiger charge is 2.61. The van der Waals surface area contributed by atoms with Crippen LogP contribution in [0.1, 0.15) is 86.5 Å². The van der Waals surface area contributed by atoms with Crippen LogP contribution < -0.4 is 0 Å². The van der Waals surface area contributed by atoms with E-state index in [-0.39, 0.29) is 10.5 Å². The summed E-state index contributed by atoms with van der Waals surface area (Å²) in [4.78, 5) is 12.2. The molecule has 0 aromatic rings. The van der Waals surface area contributed by atoms with E-state index in [1.807, 2.05) is 0 Å². The molecule has 7 atom stereocenters. The van der Waals surface area contributed by atoms with Gasteiger partial charge in [-0.15, -0.1) is 0 Å². The first-order valence-electron chi connectivity index (χ1n) is 12.2. The summed E-state index contributed by atoms with van der Waals surface area (Å²) in [6.45, 7) is 19.5. The second-order valence-corrected chi connectivity index (χ2v) is 17.7. The highest BCUT2D eigenvalue weighted by atomic mass is 28.4. The van der Waals surface area contributed by atoms with Crippen LogP contribution in [0.5, 0.6) is 0 Å². The van der Waals surface area contributed by atoms with Crippen LogP contribution in [-0.4, -0.2) is 20.2 Å². The molecule has 0 aliphatic heterocycles. The highest BCUT2D eigenvalue weighted by molar-refractivity contribution is 6.74. The summed E-state index contributed by atoms with van der Waals surface area (Å²) < 4.78 is 7.08. The summed E-state index contributed by atoms with van der Waals surface area (Å²) in [6, 6.07) is 0. The second kappa shape index (κ2) is 6.79. The van der Waals surface area contributed by atoms with Gasteiger partial charge in [0.05, 0.1) is 6.10 Å². The molecule has 4 aliphatic carbocycles. The summed E-state index contributed by atoms with van der Waals surface area (Å²) in [5, 5.41) is 0.274.